The van der Waals surface area contributed by atoms with E-state index in [0.29, 0.717) is 5.92 Å². The maximum absolute atomic E-state index is 5.71. The first-order valence-corrected chi connectivity index (χ1v) is 6.50. The van der Waals surface area contributed by atoms with Gasteiger partial charge in [-0.1, -0.05) is 19.1 Å². The third kappa shape index (κ3) is 1.98. The van der Waals surface area contributed by atoms with Crippen LogP contribution >= 0.6 is 0 Å². The molecule has 1 aromatic heterocycles. The molecule has 18 heavy (non-hydrogen) atoms. The van der Waals surface area contributed by atoms with Crippen LogP contribution in [-0.4, -0.2) is 14.8 Å². The molecule has 2 N–H and O–H groups in total. The largest absolute Gasteiger partial charge is 0.399 e. The summed E-state index contributed by atoms with van der Waals surface area (Å²) in [5, 5.41) is 8.56. The Morgan fingerprint density at radius 1 is 1.28 bits per heavy atom. The number of rotatable bonds is 3. The number of nitrogens with zero attached hydrogens (tertiary/aromatic N) is 3. The highest BCUT2D eigenvalue weighted by Crippen LogP contribution is 2.23. The predicted molar refractivity (Wildman–Crippen MR) is 71.3 cm³/mol. The Hall–Kier alpha value is -1.84. The Labute approximate surface area is 107 Å². The third-order valence-electron chi connectivity index (χ3n) is 3.68. The van der Waals surface area contributed by atoms with Crippen LogP contribution in [0.4, 0.5) is 5.69 Å². The Bertz CT molecular complexity index is 541. The fraction of sp³-hybridized carbons (Fsp3) is 0.429. The van der Waals surface area contributed by atoms with Crippen LogP contribution in [0, 0.1) is 0 Å². The van der Waals surface area contributed by atoms with E-state index < -0.39 is 0 Å². The van der Waals surface area contributed by atoms with Crippen molar-refractivity contribution in [2.75, 3.05) is 5.73 Å². The Kier molecular flexibility index (Phi) is 2.78. The molecule has 0 fully saturated rings. The Morgan fingerprint density at radius 2 is 2.06 bits per heavy atom. The number of anilines is 1. The predicted octanol–water partition coefficient (Wildman–Crippen LogP) is 2.15. The second-order valence-electron chi connectivity index (χ2n) is 5.06. The van der Waals surface area contributed by atoms with Gasteiger partial charge in [-0.3, -0.25) is 0 Å². The molecule has 3 rings (SSSR count). The molecule has 0 saturated heterocycles. The fourth-order valence-corrected chi connectivity index (χ4v) is 2.58. The van der Waals surface area contributed by atoms with E-state index in [1.165, 1.54) is 12.0 Å². The SMILES string of the molecule is CC(Cc1nnc2n1CCC2)c1ccc(N)cc1. The number of aryl methyl sites for hydroxylation is 1. The molecule has 1 aliphatic rings. The lowest BCUT2D eigenvalue weighted by atomic mass is 9.97. The van der Waals surface area contributed by atoms with Crippen LogP contribution in [-0.2, 0) is 19.4 Å². The molecule has 2 aromatic rings. The maximum atomic E-state index is 5.71. The second kappa shape index (κ2) is 4.44. The van der Waals surface area contributed by atoms with Crippen molar-refractivity contribution in [1.29, 1.82) is 0 Å². The quantitative estimate of drug-likeness (QED) is 0.839. The van der Waals surface area contributed by atoms with E-state index in [1.54, 1.807) is 0 Å². The molecule has 1 aliphatic heterocycles. The normalized spacial score (nSPS) is 15.6. The number of hydrogen-bond acceptors (Lipinski definition) is 3. The molecule has 0 bridgehead atoms. The number of fused-ring (bicyclic) bond motifs is 1. The average Bonchev–Trinajstić information content (AvgIpc) is 2.95. The lowest BCUT2D eigenvalue weighted by Gasteiger charge is -2.12. The second-order valence-corrected chi connectivity index (χ2v) is 5.06. The minimum atomic E-state index is 0.444. The van der Waals surface area contributed by atoms with Crippen LogP contribution in [0.1, 0.15) is 36.5 Å². The van der Waals surface area contributed by atoms with Gasteiger partial charge in [0.2, 0.25) is 0 Å². The maximum Gasteiger partial charge on any atom is 0.133 e. The molecular formula is C14H18N4. The summed E-state index contributed by atoms with van der Waals surface area (Å²) < 4.78 is 2.27. The molecule has 0 spiro atoms. The van der Waals surface area contributed by atoms with Crippen molar-refractivity contribution in [2.24, 2.45) is 0 Å². The van der Waals surface area contributed by atoms with E-state index in [0.717, 1.165) is 36.7 Å². The van der Waals surface area contributed by atoms with Gasteiger partial charge in [-0.25, -0.2) is 0 Å². The van der Waals surface area contributed by atoms with Crippen molar-refractivity contribution in [3.8, 4) is 0 Å². The Morgan fingerprint density at radius 3 is 2.83 bits per heavy atom. The molecule has 0 radical (unpaired) electrons. The minimum absolute atomic E-state index is 0.444. The van der Waals surface area contributed by atoms with Crippen molar-refractivity contribution in [1.82, 2.24) is 14.8 Å². The molecule has 1 unspecified atom stereocenters. The highest BCUT2D eigenvalue weighted by molar-refractivity contribution is 5.40. The fourth-order valence-electron chi connectivity index (χ4n) is 2.58. The standard InChI is InChI=1S/C14H18N4/c1-10(11-4-6-12(15)7-5-11)9-14-17-16-13-3-2-8-18(13)14/h4-7,10H,2-3,8-9,15H2,1H3. The highest BCUT2D eigenvalue weighted by atomic mass is 15.3. The smallest absolute Gasteiger partial charge is 0.133 e. The van der Waals surface area contributed by atoms with Crippen molar-refractivity contribution in [2.45, 2.75) is 38.6 Å². The van der Waals surface area contributed by atoms with Gasteiger partial charge in [0.1, 0.15) is 11.6 Å². The van der Waals surface area contributed by atoms with E-state index in [2.05, 4.69) is 33.8 Å². The summed E-state index contributed by atoms with van der Waals surface area (Å²) >= 11 is 0. The van der Waals surface area contributed by atoms with Gasteiger partial charge in [0.05, 0.1) is 0 Å². The number of nitrogens with two attached hydrogens (primary N) is 1. The third-order valence-corrected chi connectivity index (χ3v) is 3.68. The van der Waals surface area contributed by atoms with Crippen LogP contribution < -0.4 is 5.73 Å². The molecule has 0 saturated carbocycles. The minimum Gasteiger partial charge on any atom is -0.399 e. The molecular weight excluding hydrogens is 224 g/mol. The molecule has 94 valence electrons. The average molecular weight is 242 g/mol. The van der Waals surface area contributed by atoms with Gasteiger partial charge in [0, 0.05) is 25.1 Å². The summed E-state index contributed by atoms with van der Waals surface area (Å²) in [6.07, 6.45) is 3.22. The Balaban J connectivity index is 1.77. The molecule has 1 atom stereocenters. The van der Waals surface area contributed by atoms with Crippen LogP contribution in [0.2, 0.25) is 0 Å². The van der Waals surface area contributed by atoms with Crippen LogP contribution in [0.5, 0.6) is 0 Å². The summed E-state index contributed by atoms with van der Waals surface area (Å²) in [7, 11) is 0. The first-order valence-electron chi connectivity index (χ1n) is 6.50. The lowest BCUT2D eigenvalue weighted by Crippen LogP contribution is -2.06. The van der Waals surface area contributed by atoms with Gasteiger partial charge >= 0.3 is 0 Å². The number of hydrogen-bond donors (Lipinski definition) is 1. The van der Waals surface area contributed by atoms with E-state index in [4.69, 9.17) is 5.73 Å². The molecule has 2 heterocycles. The van der Waals surface area contributed by atoms with Gasteiger partial charge < -0.3 is 10.3 Å². The number of aromatic nitrogens is 3. The van der Waals surface area contributed by atoms with Crippen molar-refractivity contribution in [3.63, 3.8) is 0 Å². The summed E-state index contributed by atoms with van der Waals surface area (Å²) in [4.78, 5) is 0. The molecule has 0 amide bonds. The van der Waals surface area contributed by atoms with Gasteiger partial charge in [0.15, 0.2) is 0 Å². The number of benzene rings is 1. The monoisotopic (exact) mass is 242 g/mol. The van der Waals surface area contributed by atoms with Gasteiger partial charge in [0.25, 0.3) is 0 Å². The summed E-state index contributed by atoms with van der Waals surface area (Å²) in [6.45, 7) is 3.30. The lowest BCUT2D eigenvalue weighted by molar-refractivity contribution is 0.638. The zero-order valence-electron chi connectivity index (χ0n) is 10.6. The molecule has 1 aromatic carbocycles. The van der Waals surface area contributed by atoms with Gasteiger partial charge in [-0.15, -0.1) is 10.2 Å². The van der Waals surface area contributed by atoms with E-state index >= 15 is 0 Å². The van der Waals surface area contributed by atoms with Crippen LogP contribution in [0.25, 0.3) is 0 Å². The molecule has 4 nitrogen and oxygen atoms in total. The zero-order valence-corrected chi connectivity index (χ0v) is 10.6. The first kappa shape index (κ1) is 11.3. The van der Waals surface area contributed by atoms with E-state index in [-0.39, 0.29) is 0 Å². The van der Waals surface area contributed by atoms with Crippen LogP contribution in [0.15, 0.2) is 24.3 Å². The van der Waals surface area contributed by atoms with Crippen molar-refractivity contribution < 1.29 is 0 Å². The van der Waals surface area contributed by atoms with E-state index in [1.807, 2.05) is 12.1 Å². The van der Waals surface area contributed by atoms with E-state index in [9.17, 15) is 0 Å². The van der Waals surface area contributed by atoms with Crippen LogP contribution in [0.3, 0.4) is 0 Å². The number of nitrogen functional groups attached to an aromatic ring is 1. The summed E-state index contributed by atoms with van der Waals surface area (Å²) in [6, 6.07) is 8.11. The van der Waals surface area contributed by atoms with Crippen molar-refractivity contribution in [3.05, 3.63) is 41.5 Å². The molecule has 0 aliphatic carbocycles. The highest BCUT2D eigenvalue weighted by Gasteiger charge is 2.19. The first-order chi connectivity index (χ1) is 8.74. The van der Waals surface area contributed by atoms with Crippen molar-refractivity contribution >= 4 is 5.69 Å². The zero-order chi connectivity index (χ0) is 12.5. The molecule has 4 heteroatoms. The topological polar surface area (TPSA) is 56.7 Å². The summed E-state index contributed by atoms with van der Waals surface area (Å²) in [5.74, 6) is 2.71. The summed E-state index contributed by atoms with van der Waals surface area (Å²) in [5.41, 5.74) is 7.83. The van der Waals surface area contributed by atoms with Gasteiger partial charge in [-0.05, 0) is 30.0 Å². The van der Waals surface area contributed by atoms with Gasteiger partial charge in [-0.2, -0.15) is 0 Å².